The summed E-state index contributed by atoms with van der Waals surface area (Å²) in [4.78, 5) is 13.8. The fourth-order valence-corrected chi connectivity index (χ4v) is 2.61. The van der Waals surface area contributed by atoms with E-state index in [1.807, 2.05) is 0 Å². The number of rotatable bonds is 3. The van der Waals surface area contributed by atoms with Gasteiger partial charge in [0.1, 0.15) is 0 Å². The highest BCUT2D eigenvalue weighted by atomic mass is 19.4. The molecule has 7 heteroatoms. The van der Waals surface area contributed by atoms with Crippen molar-refractivity contribution >= 4 is 6.03 Å². The Hall–Kier alpha value is -1.76. The largest absolute Gasteiger partial charge is 0.416 e. The first-order chi connectivity index (χ1) is 10.9. The zero-order chi connectivity index (χ0) is 16.9. The highest BCUT2D eigenvalue weighted by molar-refractivity contribution is 5.74. The molecular weight excluding hydrogens is 309 g/mol. The van der Waals surface area contributed by atoms with Crippen LogP contribution in [-0.2, 0) is 17.3 Å². The van der Waals surface area contributed by atoms with Gasteiger partial charge in [-0.15, -0.1) is 0 Å². The summed E-state index contributed by atoms with van der Waals surface area (Å²) in [5, 5.41) is 2.77. The van der Waals surface area contributed by atoms with Crippen LogP contribution in [0.3, 0.4) is 0 Å². The third-order valence-electron chi connectivity index (χ3n) is 3.73. The molecule has 1 aromatic carbocycles. The van der Waals surface area contributed by atoms with Crippen LogP contribution in [0.1, 0.15) is 24.5 Å². The number of nitrogens with zero attached hydrogens (tertiary/aromatic N) is 1. The first-order valence-electron chi connectivity index (χ1n) is 7.66. The van der Waals surface area contributed by atoms with Crippen molar-refractivity contribution in [3.05, 3.63) is 35.4 Å². The molecule has 1 fully saturated rings. The predicted octanol–water partition coefficient (Wildman–Crippen LogP) is 3.07. The Labute approximate surface area is 133 Å². The molecule has 1 atom stereocenters. The molecule has 1 heterocycles. The third-order valence-corrected chi connectivity index (χ3v) is 3.73. The molecule has 0 aliphatic carbocycles. The molecular formula is C16H21F3N2O2. The second kappa shape index (κ2) is 7.68. The van der Waals surface area contributed by atoms with E-state index in [1.54, 1.807) is 17.9 Å². The molecule has 1 aliphatic rings. The standard InChI is InChI=1S/C16H21F3N2O2/c1-12(20-15(22)21-7-4-9-23-10-8-21)11-13-5-2-3-6-14(13)16(17,18)19/h2-3,5-6,12H,4,7-11H2,1H3,(H,20,22). The molecule has 1 unspecified atom stereocenters. The molecule has 2 rings (SSSR count). The van der Waals surface area contributed by atoms with Crippen LogP contribution in [0, 0.1) is 0 Å². The number of ether oxygens (including phenoxy) is 1. The Kier molecular flexibility index (Phi) is 5.87. The van der Waals surface area contributed by atoms with E-state index in [9.17, 15) is 18.0 Å². The SMILES string of the molecule is CC(Cc1ccccc1C(F)(F)F)NC(=O)N1CCCOCC1. The summed E-state index contributed by atoms with van der Waals surface area (Å²) in [5.74, 6) is 0. The van der Waals surface area contributed by atoms with Crippen molar-refractivity contribution in [1.29, 1.82) is 0 Å². The first-order valence-corrected chi connectivity index (χ1v) is 7.66. The van der Waals surface area contributed by atoms with Gasteiger partial charge in [0.2, 0.25) is 0 Å². The van der Waals surface area contributed by atoms with Crippen LogP contribution < -0.4 is 5.32 Å². The minimum Gasteiger partial charge on any atom is -0.380 e. The maximum atomic E-state index is 13.0. The molecule has 0 saturated carbocycles. The van der Waals surface area contributed by atoms with E-state index in [0.29, 0.717) is 26.3 Å². The van der Waals surface area contributed by atoms with E-state index in [2.05, 4.69) is 5.32 Å². The second-order valence-electron chi connectivity index (χ2n) is 5.66. The van der Waals surface area contributed by atoms with Gasteiger partial charge >= 0.3 is 12.2 Å². The molecule has 1 N–H and O–H groups in total. The van der Waals surface area contributed by atoms with Crippen LogP contribution >= 0.6 is 0 Å². The molecule has 23 heavy (non-hydrogen) atoms. The Morgan fingerprint density at radius 1 is 1.30 bits per heavy atom. The van der Waals surface area contributed by atoms with Gasteiger partial charge in [0, 0.05) is 25.7 Å². The Morgan fingerprint density at radius 3 is 2.78 bits per heavy atom. The zero-order valence-corrected chi connectivity index (χ0v) is 13.0. The van der Waals surface area contributed by atoms with Gasteiger partial charge in [-0.25, -0.2) is 4.79 Å². The molecule has 1 aliphatic heterocycles. The molecule has 1 saturated heterocycles. The molecule has 0 bridgehead atoms. The van der Waals surface area contributed by atoms with Crippen molar-refractivity contribution in [2.24, 2.45) is 0 Å². The first kappa shape index (κ1) is 17.6. The summed E-state index contributed by atoms with van der Waals surface area (Å²) >= 11 is 0. The summed E-state index contributed by atoms with van der Waals surface area (Å²) in [5.41, 5.74) is -0.462. The lowest BCUT2D eigenvalue weighted by Gasteiger charge is -2.24. The van der Waals surface area contributed by atoms with Crippen molar-refractivity contribution in [2.45, 2.75) is 32.0 Å². The normalized spacial score (nSPS) is 17.5. The van der Waals surface area contributed by atoms with Gasteiger partial charge in [0.05, 0.1) is 12.2 Å². The summed E-state index contributed by atoms with van der Waals surface area (Å²) in [6.07, 6.45) is -3.49. The van der Waals surface area contributed by atoms with Crippen molar-refractivity contribution < 1.29 is 22.7 Å². The van der Waals surface area contributed by atoms with Gasteiger partial charge < -0.3 is 15.0 Å². The fourth-order valence-electron chi connectivity index (χ4n) is 2.61. The quantitative estimate of drug-likeness (QED) is 0.925. The molecule has 0 radical (unpaired) electrons. The number of hydrogen-bond acceptors (Lipinski definition) is 2. The molecule has 128 valence electrons. The van der Waals surface area contributed by atoms with E-state index in [0.717, 1.165) is 12.5 Å². The molecule has 1 aromatic rings. The van der Waals surface area contributed by atoms with Gasteiger partial charge in [0.15, 0.2) is 0 Å². The number of amides is 2. The smallest absolute Gasteiger partial charge is 0.380 e. The van der Waals surface area contributed by atoms with E-state index >= 15 is 0 Å². The number of carbonyl (C=O) groups excluding carboxylic acids is 1. The average Bonchev–Trinajstić information content (AvgIpc) is 2.75. The highest BCUT2D eigenvalue weighted by Gasteiger charge is 2.33. The Bertz CT molecular complexity index is 526. The number of benzene rings is 1. The number of alkyl halides is 3. The topological polar surface area (TPSA) is 41.6 Å². The fraction of sp³-hybridized carbons (Fsp3) is 0.562. The van der Waals surface area contributed by atoms with Crippen molar-refractivity contribution in [3.8, 4) is 0 Å². The van der Waals surface area contributed by atoms with Gasteiger partial charge in [-0.05, 0) is 31.4 Å². The van der Waals surface area contributed by atoms with E-state index in [-0.39, 0.29) is 18.0 Å². The minimum absolute atomic E-state index is 0.131. The van der Waals surface area contributed by atoms with Crippen molar-refractivity contribution in [3.63, 3.8) is 0 Å². The lowest BCUT2D eigenvalue weighted by molar-refractivity contribution is -0.138. The van der Waals surface area contributed by atoms with Crippen LogP contribution in [0.4, 0.5) is 18.0 Å². The lowest BCUT2D eigenvalue weighted by Crippen LogP contribution is -2.45. The number of hydrogen-bond donors (Lipinski definition) is 1. The Balaban J connectivity index is 1.97. The predicted molar refractivity (Wildman–Crippen MR) is 80.2 cm³/mol. The molecule has 0 aromatic heterocycles. The van der Waals surface area contributed by atoms with Gasteiger partial charge in [0.25, 0.3) is 0 Å². The Morgan fingerprint density at radius 2 is 2.04 bits per heavy atom. The van der Waals surface area contributed by atoms with Gasteiger partial charge in [-0.2, -0.15) is 13.2 Å². The molecule has 4 nitrogen and oxygen atoms in total. The zero-order valence-electron chi connectivity index (χ0n) is 13.0. The summed E-state index contributed by atoms with van der Waals surface area (Å²) < 4.78 is 44.2. The van der Waals surface area contributed by atoms with Crippen LogP contribution in [0.15, 0.2) is 24.3 Å². The van der Waals surface area contributed by atoms with Crippen LogP contribution in [0.5, 0.6) is 0 Å². The van der Waals surface area contributed by atoms with Crippen LogP contribution in [0.2, 0.25) is 0 Å². The van der Waals surface area contributed by atoms with E-state index in [1.165, 1.54) is 12.1 Å². The molecule has 0 spiro atoms. The third kappa shape index (κ3) is 5.13. The van der Waals surface area contributed by atoms with Crippen molar-refractivity contribution in [2.75, 3.05) is 26.3 Å². The van der Waals surface area contributed by atoms with Crippen molar-refractivity contribution in [1.82, 2.24) is 10.2 Å². The summed E-state index contributed by atoms with van der Waals surface area (Å²) in [7, 11) is 0. The second-order valence-corrected chi connectivity index (χ2v) is 5.66. The van der Waals surface area contributed by atoms with Gasteiger partial charge in [-0.3, -0.25) is 0 Å². The number of carbonyl (C=O) groups is 1. The number of halogens is 3. The van der Waals surface area contributed by atoms with Crippen LogP contribution in [0.25, 0.3) is 0 Å². The highest BCUT2D eigenvalue weighted by Crippen LogP contribution is 2.32. The van der Waals surface area contributed by atoms with E-state index in [4.69, 9.17) is 4.74 Å². The summed E-state index contributed by atoms with van der Waals surface area (Å²) in [6, 6.07) is 4.81. The average molecular weight is 330 g/mol. The lowest BCUT2D eigenvalue weighted by atomic mass is 10.0. The van der Waals surface area contributed by atoms with Crippen LogP contribution in [-0.4, -0.2) is 43.3 Å². The minimum atomic E-state index is -4.39. The maximum absolute atomic E-state index is 13.0. The number of urea groups is 1. The van der Waals surface area contributed by atoms with Gasteiger partial charge in [-0.1, -0.05) is 18.2 Å². The summed E-state index contributed by atoms with van der Waals surface area (Å²) in [6.45, 7) is 3.91. The monoisotopic (exact) mass is 330 g/mol. The van der Waals surface area contributed by atoms with E-state index < -0.39 is 17.8 Å². The molecule has 2 amide bonds. The maximum Gasteiger partial charge on any atom is 0.416 e. The number of nitrogens with one attached hydrogen (secondary N) is 1.